The summed E-state index contributed by atoms with van der Waals surface area (Å²) < 4.78 is 5.15. The summed E-state index contributed by atoms with van der Waals surface area (Å²) in [5.74, 6) is 0.854. The van der Waals surface area contributed by atoms with E-state index in [4.69, 9.17) is 16.3 Å². The van der Waals surface area contributed by atoms with E-state index >= 15 is 0 Å². The van der Waals surface area contributed by atoms with E-state index in [9.17, 15) is 0 Å². The topological polar surface area (TPSA) is 21.3 Å². The van der Waals surface area contributed by atoms with Crippen molar-refractivity contribution in [2.24, 2.45) is 0 Å². The predicted octanol–water partition coefficient (Wildman–Crippen LogP) is 2.50. The van der Waals surface area contributed by atoms with Crippen LogP contribution in [-0.4, -0.2) is 20.2 Å². The predicted molar refractivity (Wildman–Crippen MR) is 60.2 cm³/mol. The van der Waals surface area contributed by atoms with Crippen LogP contribution in [0.1, 0.15) is 12.5 Å². The Morgan fingerprint density at radius 1 is 1.50 bits per heavy atom. The number of methoxy groups -OCH3 is 1. The quantitative estimate of drug-likeness (QED) is 0.830. The molecule has 0 radical (unpaired) electrons. The second kappa shape index (κ2) is 5.23. The minimum atomic E-state index is 0.416. The van der Waals surface area contributed by atoms with Gasteiger partial charge in [0.1, 0.15) is 5.75 Å². The van der Waals surface area contributed by atoms with Crippen molar-refractivity contribution in [2.75, 3.05) is 14.2 Å². The molecule has 0 aromatic heterocycles. The molecule has 0 saturated carbocycles. The van der Waals surface area contributed by atoms with E-state index in [1.807, 2.05) is 25.2 Å². The molecular formula is C11H16ClNO. The molecule has 78 valence electrons. The van der Waals surface area contributed by atoms with Crippen molar-refractivity contribution in [1.82, 2.24) is 5.32 Å². The third kappa shape index (κ3) is 2.89. The summed E-state index contributed by atoms with van der Waals surface area (Å²) in [6.45, 7) is 2.12. The van der Waals surface area contributed by atoms with Crippen LogP contribution in [0.4, 0.5) is 0 Å². The first kappa shape index (κ1) is 11.3. The van der Waals surface area contributed by atoms with Crippen molar-refractivity contribution in [3.63, 3.8) is 0 Å². The average molecular weight is 214 g/mol. The van der Waals surface area contributed by atoms with Crippen LogP contribution in [0.2, 0.25) is 5.02 Å². The van der Waals surface area contributed by atoms with Crippen LogP contribution >= 0.6 is 11.6 Å². The van der Waals surface area contributed by atoms with Crippen LogP contribution in [0.25, 0.3) is 0 Å². The minimum Gasteiger partial charge on any atom is -0.497 e. The van der Waals surface area contributed by atoms with Crippen LogP contribution in [0, 0.1) is 0 Å². The highest BCUT2D eigenvalue weighted by atomic mass is 35.5. The molecule has 0 aliphatic carbocycles. The van der Waals surface area contributed by atoms with Crippen molar-refractivity contribution < 1.29 is 4.74 Å². The highest BCUT2D eigenvalue weighted by molar-refractivity contribution is 6.31. The largest absolute Gasteiger partial charge is 0.497 e. The van der Waals surface area contributed by atoms with Gasteiger partial charge in [-0.1, -0.05) is 11.6 Å². The second-order valence-electron chi connectivity index (χ2n) is 3.35. The molecule has 2 nitrogen and oxygen atoms in total. The summed E-state index contributed by atoms with van der Waals surface area (Å²) in [6.07, 6.45) is 0.909. The van der Waals surface area contributed by atoms with Crippen LogP contribution in [0.5, 0.6) is 5.75 Å². The van der Waals surface area contributed by atoms with Crippen LogP contribution in [0.15, 0.2) is 18.2 Å². The van der Waals surface area contributed by atoms with Gasteiger partial charge in [-0.05, 0) is 44.2 Å². The molecule has 0 aliphatic rings. The number of benzene rings is 1. The lowest BCUT2D eigenvalue weighted by Crippen LogP contribution is -2.23. The van der Waals surface area contributed by atoms with Crippen molar-refractivity contribution in [2.45, 2.75) is 19.4 Å². The summed E-state index contributed by atoms with van der Waals surface area (Å²) in [6, 6.07) is 6.14. The summed E-state index contributed by atoms with van der Waals surface area (Å²) in [5, 5.41) is 3.98. The summed E-state index contributed by atoms with van der Waals surface area (Å²) in [4.78, 5) is 0. The zero-order valence-corrected chi connectivity index (χ0v) is 9.56. The zero-order chi connectivity index (χ0) is 10.6. The third-order valence-corrected chi connectivity index (χ3v) is 2.64. The Hall–Kier alpha value is -0.730. The highest BCUT2D eigenvalue weighted by Gasteiger charge is 2.06. The Balaban J connectivity index is 2.83. The third-order valence-electron chi connectivity index (χ3n) is 2.27. The fourth-order valence-corrected chi connectivity index (χ4v) is 1.46. The summed E-state index contributed by atoms with van der Waals surface area (Å²) in [7, 11) is 3.60. The number of hydrogen-bond donors (Lipinski definition) is 1. The van der Waals surface area contributed by atoms with Gasteiger partial charge in [0.15, 0.2) is 0 Å². The molecule has 1 aromatic rings. The van der Waals surface area contributed by atoms with Gasteiger partial charge in [-0.2, -0.15) is 0 Å². The molecule has 1 rings (SSSR count). The Labute approximate surface area is 90.2 Å². The maximum absolute atomic E-state index is 6.07. The molecule has 3 heteroatoms. The molecule has 1 atom stereocenters. The molecule has 0 saturated heterocycles. The number of ether oxygens (including phenoxy) is 1. The molecule has 0 heterocycles. The Kier molecular flexibility index (Phi) is 4.23. The smallest absolute Gasteiger partial charge is 0.119 e. The van der Waals surface area contributed by atoms with Crippen molar-refractivity contribution in [1.29, 1.82) is 0 Å². The molecule has 0 spiro atoms. The lowest BCUT2D eigenvalue weighted by molar-refractivity contribution is 0.414. The normalized spacial score (nSPS) is 12.6. The van der Waals surface area contributed by atoms with Gasteiger partial charge in [-0.25, -0.2) is 0 Å². The fourth-order valence-electron chi connectivity index (χ4n) is 1.27. The number of likely N-dealkylation sites (N-methyl/N-ethyl adjacent to an activating group) is 1. The maximum atomic E-state index is 6.07. The molecule has 1 N–H and O–H groups in total. The molecule has 1 unspecified atom stereocenters. The van der Waals surface area contributed by atoms with Crippen molar-refractivity contribution in [3.8, 4) is 5.75 Å². The van der Waals surface area contributed by atoms with Gasteiger partial charge in [-0.15, -0.1) is 0 Å². The van der Waals surface area contributed by atoms with Crippen LogP contribution in [0.3, 0.4) is 0 Å². The van der Waals surface area contributed by atoms with Crippen molar-refractivity contribution >= 4 is 11.6 Å². The lowest BCUT2D eigenvalue weighted by Gasteiger charge is -2.12. The molecule has 0 fully saturated rings. The van der Waals surface area contributed by atoms with Crippen LogP contribution in [-0.2, 0) is 6.42 Å². The molecule has 1 aromatic carbocycles. The number of halogens is 1. The maximum Gasteiger partial charge on any atom is 0.119 e. The van der Waals surface area contributed by atoms with E-state index in [1.54, 1.807) is 7.11 Å². The lowest BCUT2D eigenvalue weighted by atomic mass is 10.1. The summed E-state index contributed by atoms with van der Waals surface area (Å²) >= 11 is 6.07. The van der Waals surface area contributed by atoms with E-state index in [2.05, 4.69) is 12.2 Å². The Morgan fingerprint density at radius 2 is 2.21 bits per heavy atom. The van der Waals surface area contributed by atoms with E-state index in [0.29, 0.717) is 6.04 Å². The average Bonchev–Trinajstić information content (AvgIpc) is 2.21. The highest BCUT2D eigenvalue weighted by Crippen LogP contribution is 2.22. The van der Waals surface area contributed by atoms with Gasteiger partial charge in [0, 0.05) is 11.1 Å². The molecule has 14 heavy (non-hydrogen) atoms. The van der Waals surface area contributed by atoms with Gasteiger partial charge >= 0.3 is 0 Å². The second-order valence-corrected chi connectivity index (χ2v) is 3.76. The molecule has 0 amide bonds. The first-order valence-electron chi connectivity index (χ1n) is 4.67. The first-order chi connectivity index (χ1) is 6.67. The van der Waals surface area contributed by atoms with Gasteiger partial charge < -0.3 is 10.1 Å². The Bertz CT molecular complexity index is 301. The van der Waals surface area contributed by atoms with E-state index in [1.165, 1.54) is 0 Å². The monoisotopic (exact) mass is 213 g/mol. The molecule has 0 bridgehead atoms. The van der Waals surface area contributed by atoms with Gasteiger partial charge in [-0.3, -0.25) is 0 Å². The van der Waals surface area contributed by atoms with Gasteiger partial charge in [0.25, 0.3) is 0 Å². The fraction of sp³-hybridized carbons (Fsp3) is 0.455. The van der Waals surface area contributed by atoms with E-state index in [-0.39, 0.29) is 0 Å². The zero-order valence-electron chi connectivity index (χ0n) is 8.80. The van der Waals surface area contributed by atoms with E-state index < -0.39 is 0 Å². The standard InChI is InChI=1S/C11H16ClNO/c1-8(13-2)6-9-7-10(14-3)4-5-11(9)12/h4-5,7-8,13H,6H2,1-3H3. The Morgan fingerprint density at radius 3 is 2.79 bits per heavy atom. The number of hydrogen-bond acceptors (Lipinski definition) is 2. The molecule has 0 aliphatic heterocycles. The first-order valence-corrected chi connectivity index (χ1v) is 5.05. The minimum absolute atomic E-state index is 0.416. The van der Waals surface area contributed by atoms with Crippen LogP contribution < -0.4 is 10.1 Å². The molecular weight excluding hydrogens is 198 g/mol. The summed E-state index contributed by atoms with van der Waals surface area (Å²) in [5.41, 5.74) is 1.12. The number of rotatable bonds is 4. The number of nitrogens with one attached hydrogen (secondary N) is 1. The van der Waals surface area contributed by atoms with E-state index in [0.717, 1.165) is 22.8 Å². The SMILES string of the molecule is CNC(C)Cc1cc(OC)ccc1Cl. The van der Waals surface area contributed by atoms with Gasteiger partial charge in [0.2, 0.25) is 0 Å². The van der Waals surface area contributed by atoms with Gasteiger partial charge in [0.05, 0.1) is 7.11 Å². The van der Waals surface area contributed by atoms with Crippen molar-refractivity contribution in [3.05, 3.63) is 28.8 Å².